The highest BCUT2D eigenvalue weighted by atomic mass is 35.5. The van der Waals surface area contributed by atoms with Crippen molar-refractivity contribution in [3.8, 4) is 0 Å². The third kappa shape index (κ3) is 9.30. The van der Waals surface area contributed by atoms with Gasteiger partial charge in [-0.1, -0.05) is 0 Å². The van der Waals surface area contributed by atoms with Crippen LogP contribution < -0.4 is 11.0 Å². The maximum atomic E-state index is 9.57. The van der Waals surface area contributed by atoms with Crippen LogP contribution >= 0.6 is 11.8 Å². The molecule has 0 aromatic heterocycles. The van der Waals surface area contributed by atoms with Gasteiger partial charge in [0.15, 0.2) is 0 Å². The van der Waals surface area contributed by atoms with Crippen molar-refractivity contribution in [2.75, 3.05) is 0 Å². The van der Waals surface area contributed by atoms with Crippen molar-refractivity contribution in [1.29, 1.82) is 0 Å². The van der Waals surface area contributed by atoms with Gasteiger partial charge in [0.05, 0.1) is 0 Å². The molecule has 4 heteroatoms. The molecule has 38 valence electrons. The van der Waals surface area contributed by atoms with Gasteiger partial charge in [0.1, 0.15) is 0 Å². The summed E-state index contributed by atoms with van der Waals surface area (Å²) in [6, 6.07) is 0. The Balaban J connectivity index is 0. The number of nitrogens with one attached hydrogen (secondary N) is 1. The fourth-order valence-electron chi connectivity index (χ4n) is 0. The standard InChI is InChI=1S/C2H4ClNO.H3N/c1-2(5)4-3;/h1H3,(H,4,5);1H3. The molecule has 0 fully saturated rings. The van der Waals surface area contributed by atoms with Crippen molar-refractivity contribution in [3.63, 3.8) is 0 Å². The van der Waals surface area contributed by atoms with E-state index in [4.69, 9.17) is 11.8 Å². The Morgan fingerprint density at radius 2 is 2.00 bits per heavy atom. The van der Waals surface area contributed by atoms with Gasteiger partial charge >= 0.3 is 0 Å². The van der Waals surface area contributed by atoms with E-state index in [9.17, 15) is 4.79 Å². The molecule has 4 N–H and O–H groups in total. The Kier molecular flexibility index (Phi) is 7.24. The molecule has 0 aliphatic heterocycles. The first kappa shape index (κ1) is 9.21. The van der Waals surface area contributed by atoms with Gasteiger partial charge in [-0.3, -0.25) is 9.63 Å². The van der Waals surface area contributed by atoms with Gasteiger partial charge in [-0.05, 0) is 0 Å². The Labute approximate surface area is 41.4 Å². The second-order valence-electron chi connectivity index (χ2n) is 0.651. The maximum absolute atomic E-state index is 9.57. The number of hydrogen-bond donors (Lipinski definition) is 2. The summed E-state index contributed by atoms with van der Waals surface area (Å²) in [6.45, 7) is 1.34. The zero-order valence-electron chi connectivity index (χ0n) is 3.49. The minimum atomic E-state index is -0.230. The molecule has 0 saturated heterocycles. The summed E-state index contributed by atoms with van der Waals surface area (Å²) in [4.78, 5) is 11.4. The average molecular weight is 111 g/mol. The van der Waals surface area contributed by atoms with Crippen LogP contribution in [-0.2, 0) is 4.79 Å². The highest BCUT2D eigenvalue weighted by Gasteiger charge is 1.75. The van der Waals surface area contributed by atoms with Crippen LogP contribution in [0.25, 0.3) is 0 Å². The second-order valence-corrected chi connectivity index (χ2v) is 0.840. The van der Waals surface area contributed by atoms with E-state index in [-0.39, 0.29) is 12.1 Å². The van der Waals surface area contributed by atoms with E-state index in [0.717, 1.165) is 0 Å². The van der Waals surface area contributed by atoms with Crippen LogP contribution in [0.5, 0.6) is 0 Å². The summed E-state index contributed by atoms with van der Waals surface area (Å²) in [5, 5.41) is 0. The summed E-state index contributed by atoms with van der Waals surface area (Å²) in [5.74, 6) is -0.230. The zero-order chi connectivity index (χ0) is 4.28. The molecule has 0 rings (SSSR count). The van der Waals surface area contributed by atoms with Gasteiger partial charge in [0.2, 0.25) is 5.91 Å². The molecule has 1 amide bonds. The van der Waals surface area contributed by atoms with Crippen molar-refractivity contribution in [2.45, 2.75) is 6.92 Å². The van der Waals surface area contributed by atoms with Crippen molar-refractivity contribution in [3.05, 3.63) is 0 Å². The van der Waals surface area contributed by atoms with Crippen LogP contribution in [0.2, 0.25) is 0 Å². The van der Waals surface area contributed by atoms with Crippen LogP contribution in [0, 0.1) is 0 Å². The molecule has 0 bridgehead atoms. The van der Waals surface area contributed by atoms with Gasteiger partial charge in [-0.2, -0.15) is 0 Å². The van der Waals surface area contributed by atoms with E-state index in [1.54, 1.807) is 0 Å². The van der Waals surface area contributed by atoms with Crippen LogP contribution in [0.4, 0.5) is 0 Å². The molecule has 0 aliphatic carbocycles. The lowest BCUT2D eigenvalue weighted by molar-refractivity contribution is -0.117. The topological polar surface area (TPSA) is 64.1 Å². The molecular formula is C2H7ClN2O. The SMILES string of the molecule is CC(=O)NCl.N. The number of amides is 1. The summed E-state index contributed by atoms with van der Waals surface area (Å²) < 4.78 is 0. The molecule has 6 heavy (non-hydrogen) atoms. The summed E-state index contributed by atoms with van der Waals surface area (Å²) in [7, 11) is 0. The number of rotatable bonds is 0. The third-order valence-electron chi connectivity index (χ3n) is 0.133. The molecule has 0 aromatic rings. The normalized spacial score (nSPS) is 5.67. The van der Waals surface area contributed by atoms with Gasteiger partial charge in [-0.25, -0.2) is 0 Å². The number of hydrogen-bond acceptors (Lipinski definition) is 2. The third-order valence-corrected chi connectivity index (χ3v) is 0.399. The van der Waals surface area contributed by atoms with E-state index < -0.39 is 0 Å². The monoisotopic (exact) mass is 110 g/mol. The quantitative estimate of drug-likeness (QED) is 0.445. The Bertz CT molecular complexity index is 46.8. The molecule has 0 unspecified atom stereocenters. The van der Waals surface area contributed by atoms with E-state index in [1.165, 1.54) is 6.92 Å². The first-order valence-corrected chi connectivity index (χ1v) is 1.52. The van der Waals surface area contributed by atoms with Crippen LogP contribution in [0.1, 0.15) is 6.92 Å². The second kappa shape index (κ2) is 4.72. The van der Waals surface area contributed by atoms with Crippen LogP contribution in [0.15, 0.2) is 0 Å². The average Bonchev–Trinajstić information content (AvgIpc) is 1.38. The van der Waals surface area contributed by atoms with Gasteiger partial charge < -0.3 is 6.15 Å². The molecule has 0 aliphatic rings. The number of carbonyl (C=O) groups is 1. The van der Waals surface area contributed by atoms with Crippen molar-refractivity contribution < 1.29 is 4.79 Å². The van der Waals surface area contributed by atoms with Gasteiger partial charge in [-0.15, -0.1) is 0 Å². The summed E-state index contributed by atoms with van der Waals surface area (Å²) in [6.07, 6.45) is 0. The van der Waals surface area contributed by atoms with Crippen LogP contribution in [0.3, 0.4) is 0 Å². The van der Waals surface area contributed by atoms with Crippen molar-refractivity contribution in [2.24, 2.45) is 0 Å². The highest BCUT2D eigenvalue weighted by Crippen LogP contribution is 1.58. The molecule has 0 saturated carbocycles. The molecular weight excluding hydrogens is 103 g/mol. The predicted octanol–water partition coefficient (Wildman–Crippen LogP) is 0.438. The lowest BCUT2D eigenvalue weighted by atomic mass is 10.8. The predicted molar refractivity (Wildman–Crippen MR) is 24.7 cm³/mol. The minimum absolute atomic E-state index is 0. The van der Waals surface area contributed by atoms with E-state index in [0.29, 0.717) is 0 Å². The Hall–Kier alpha value is -0.280. The fourth-order valence-corrected chi connectivity index (χ4v) is 0. The Morgan fingerprint density at radius 1 is 1.83 bits per heavy atom. The molecule has 3 nitrogen and oxygen atoms in total. The summed E-state index contributed by atoms with van der Waals surface area (Å²) in [5.41, 5.74) is 0. The van der Waals surface area contributed by atoms with Gasteiger partial charge in [0.25, 0.3) is 0 Å². The lowest BCUT2D eigenvalue weighted by Crippen LogP contribution is -2.04. The minimum Gasteiger partial charge on any atom is -0.344 e. The lowest BCUT2D eigenvalue weighted by Gasteiger charge is -1.76. The first-order valence-electron chi connectivity index (χ1n) is 1.14. The van der Waals surface area contributed by atoms with E-state index in [1.807, 2.05) is 4.84 Å². The molecule has 0 radical (unpaired) electrons. The van der Waals surface area contributed by atoms with Crippen molar-refractivity contribution in [1.82, 2.24) is 11.0 Å². The van der Waals surface area contributed by atoms with Crippen LogP contribution in [-0.4, -0.2) is 5.91 Å². The summed E-state index contributed by atoms with van der Waals surface area (Å²) >= 11 is 4.74. The smallest absolute Gasteiger partial charge is 0.231 e. The fraction of sp³-hybridized carbons (Fsp3) is 0.500. The van der Waals surface area contributed by atoms with E-state index >= 15 is 0 Å². The van der Waals surface area contributed by atoms with E-state index in [2.05, 4.69) is 0 Å². The molecule has 0 atom stereocenters. The highest BCUT2D eigenvalue weighted by molar-refractivity contribution is 6.20. The molecule has 0 heterocycles. The first-order chi connectivity index (χ1) is 2.27. The number of carbonyl (C=O) groups excluding carboxylic acids is 1. The van der Waals surface area contributed by atoms with Crippen molar-refractivity contribution >= 4 is 17.7 Å². The maximum Gasteiger partial charge on any atom is 0.231 e. The molecule has 0 spiro atoms. The number of halogens is 1. The zero-order valence-corrected chi connectivity index (χ0v) is 4.25. The Morgan fingerprint density at radius 3 is 2.00 bits per heavy atom. The van der Waals surface area contributed by atoms with Gasteiger partial charge in [0, 0.05) is 18.7 Å². The molecule has 0 aromatic carbocycles. The largest absolute Gasteiger partial charge is 0.344 e.